The van der Waals surface area contributed by atoms with Crippen molar-refractivity contribution in [1.29, 1.82) is 0 Å². The molecule has 166 valence electrons. The van der Waals surface area contributed by atoms with Gasteiger partial charge in [-0.3, -0.25) is 9.59 Å². The molecule has 2 aliphatic rings. The Morgan fingerprint density at radius 1 is 1.16 bits per heavy atom. The number of ether oxygens (including phenoxy) is 1. The minimum Gasteiger partial charge on any atom is -0.497 e. The van der Waals surface area contributed by atoms with Crippen LogP contribution in [0.25, 0.3) is 0 Å². The van der Waals surface area contributed by atoms with E-state index in [-0.39, 0.29) is 17.9 Å². The number of aromatic nitrogens is 1. The van der Waals surface area contributed by atoms with Crippen molar-refractivity contribution >= 4 is 23.2 Å². The molecular formula is C24H31N3O3S. The van der Waals surface area contributed by atoms with Crippen LogP contribution in [0.3, 0.4) is 0 Å². The maximum Gasteiger partial charge on any atom is 0.254 e. The second kappa shape index (κ2) is 9.81. The molecule has 7 heteroatoms. The largest absolute Gasteiger partial charge is 0.497 e. The number of thiazole rings is 1. The van der Waals surface area contributed by atoms with E-state index < -0.39 is 0 Å². The minimum atomic E-state index is 0.0982. The molecule has 31 heavy (non-hydrogen) atoms. The monoisotopic (exact) mass is 441 g/mol. The quantitative estimate of drug-likeness (QED) is 0.705. The van der Waals surface area contributed by atoms with E-state index in [4.69, 9.17) is 4.74 Å². The molecular weight excluding hydrogens is 410 g/mol. The van der Waals surface area contributed by atoms with Gasteiger partial charge in [0.1, 0.15) is 5.75 Å². The predicted molar refractivity (Wildman–Crippen MR) is 122 cm³/mol. The molecule has 4 rings (SSSR count). The van der Waals surface area contributed by atoms with E-state index in [0.717, 1.165) is 62.4 Å². The van der Waals surface area contributed by atoms with Gasteiger partial charge < -0.3 is 14.5 Å². The molecule has 0 aliphatic carbocycles. The Balaban J connectivity index is 1.38. The van der Waals surface area contributed by atoms with Crippen LogP contribution in [0.5, 0.6) is 5.75 Å². The van der Waals surface area contributed by atoms with E-state index in [1.807, 2.05) is 41.5 Å². The molecule has 2 saturated heterocycles. The molecule has 1 aromatic heterocycles. The highest BCUT2D eigenvalue weighted by molar-refractivity contribution is 7.09. The number of benzene rings is 1. The third kappa shape index (κ3) is 5.09. The summed E-state index contributed by atoms with van der Waals surface area (Å²) in [6, 6.07) is 7.70. The Morgan fingerprint density at radius 3 is 2.68 bits per heavy atom. The number of piperidine rings is 2. The Hall–Kier alpha value is -2.41. The smallest absolute Gasteiger partial charge is 0.254 e. The number of methoxy groups -OCH3 is 1. The summed E-state index contributed by atoms with van der Waals surface area (Å²) in [4.78, 5) is 34.5. The second-order valence-electron chi connectivity index (χ2n) is 8.55. The van der Waals surface area contributed by atoms with Gasteiger partial charge in [-0.25, -0.2) is 4.98 Å². The highest BCUT2D eigenvalue weighted by atomic mass is 32.1. The zero-order valence-corrected chi connectivity index (χ0v) is 19.2. The lowest BCUT2D eigenvalue weighted by Crippen LogP contribution is -2.51. The van der Waals surface area contributed by atoms with Crippen molar-refractivity contribution < 1.29 is 14.3 Å². The van der Waals surface area contributed by atoms with E-state index in [1.165, 1.54) is 0 Å². The second-order valence-corrected chi connectivity index (χ2v) is 9.61. The molecule has 2 fully saturated rings. The van der Waals surface area contributed by atoms with Gasteiger partial charge in [0.15, 0.2) is 0 Å². The summed E-state index contributed by atoms with van der Waals surface area (Å²) >= 11 is 1.59. The summed E-state index contributed by atoms with van der Waals surface area (Å²) in [5.74, 6) is 1.42. The van der Waals surface area contributed by atoms with Crippen molar-refractivity contribution in [2.75, 3.05) is 26.7 Å². The van der Waals surface area contributed by atoms with E-state index in [1.54, 1.807) is 18.4 Å². The highest BCUT2D eigenvalue weighted by Gasteiger charge is 2.36. The SMILES string of the molecule is COc1cccc(C(=O)N2CCCC[C@@H]2C2CCN(C(=O)Cc3csc(C)n3)CC2)c1. The van der Waals surface area contributed by atoms with Crippen LogP contribution in [0, 0.1) is 12.8 Å². The number of nitrogens with zero attached hydrogens (tertiary/aromatic N) is 3. The van der Waals surface area contributed by atoms with Crippen LogP contribution in [0.15, 0.2) is 29.6 Å². The van der Waals surface area contributed by atoms with Crippen LogP contribution in [-0.4, -0.2) is 59.4 Å². The first kappa shape index (κ1) is 21.8. The van der Waals surface area contributed by atoms with Crippen molar-refractivity contribution in [1.82, 2.24) is 14.8 Å². The lowest BCUT2D eigenvalue weighted by atomic mass is 9.83. The van der Waals surface area contributed by atoms with E-state index in [0.29, 0.717) is 23.7 Å². The third-order valence-electron chi connectivity index (χ3n) is 6.56. The van der Waals surface area contributed by atoms with Crippen LogP contribution in [0.2, 0.25) is 0 Å². The highest BCUT2D eigenvalue weighted by Crippen LogP contribution is 2.32. The van der Waals surface area contributed by atoms with Crippen LogP contribution in [-0.2, 0) is 11.2 Å². The molecule has 6 nitrogen and oxygen atoms in total. The molecule has 1 atom stereocenters. The fourth-order valence-corrected chi connectivity index (χ4v) is 5.52. The van der Waals surface area contributed by atoms with Gasteiger partial charge in [-0.05, 0) is 63.1 Å². The summed E-state index contributed by atoms with van der Waals surface area (Å²) < 4.78 is 5.30. The van der Waals surface area contributed by atoms with Crippen molar-refractivity contribution in [3.63, 3.8) is 0 Å². The molecule has 0 unspecified atom stereocenters. The van der Waals surface area contributed by atoms with Crippen molar-refractivity contribution in [2.45, 2.75) is 51.5 Å². The Bertz CT molecular complexity index is 920. The number of likely N-dealkylation sites (tertiary alicyclic amines) is 2. The summed E-state index contributed by atoms with van der Waals surface area (Å²) in [5, 5.41) is 2.98. The van der Waals surface area contributed by atoms with Crippen molar-refractivity contribution in [3.8, 4) is 5.75 Å². The predicted octanol–water partition coefficient (Wildman–Crippen LogP) is 3.94. The number of aryl methyl sites for hydroxylation is 1. The summed E-state index contributed by atoms with van der Waals surface area (Å²) in [6.45, 7) is 4.31. The van der Waals surface area contributed by atoms with Crippen molar-refractivity contribution in [2.24, 2.45) is 5.92 Å². The van der Waals surface area contributed by atoms with Crippen molar-refractivity contribution in [3.05, 3.63) is 45.9 Å². The van der Waals surface area contributed by atoms with Gasteiger partial charge in [0.2, 0.25) is 5.91 Å². The van der Waals surface area contributed by atoms with Gasteiger partial charge in [-0.1, -0.05) is 6.07 Å². The Kier molecular flexibility index (Phi) is 6.90. The average molecular weight is 442 g/mol. The first-order chi connectivity index (χ1) is 15.0. The molecule has 1 aromatic carbocycles. The first-order valence-electron chi connectivity index (χ1n) is 11.2. The Labute approximate surface area is 188 Å². The normalized spacial score (nSPS) is 20.0. The average Bonchev–Trinajstić information content (AvgIpc) is 3.23. The molecule has 3 heterocycles. The first-order valence-corrected chi connectivity index (χ1v) is 12.1. The van der Waals surface area contributed by atoms with Gasteiger partial charge in [-0.2, -0.15) is 0 Å². The Morgan fingerprint density at radius 2 is 1.97 bits per heavy atom. The molecule has 0 spiro atoms. The number of carbonyl (C=O) groups excluding carboxylic acids is 2. The third-order valence-corrected chi connectivity index (χ3v) is 7.38. The lowest BCUT2D eigenvalue weighted by molar-refractivity contribution is -0.132. The minimum absolute atomic E-state index is 0.0982. The van der Waals surface area contributed by atoms with Gasteiger partial charge in [0.05, 0.1) is 24.2 Å². The summed E-state index contributed by atoms with van der Waals surface area (Å²) in [5.41, 5.74) is 1.56. The molecule has 0 bridgehead atoms. The van der Waals surface area contributed by atoms with E-state index in [9.17, 15) is 9.59 Å². The van der Waals surface area contributed by atoms with Crippen LogP contribution >= 0.6 is 11.3 Å². The molecule has 0 N–H and O–H groups in total. The van der Waals surface area contributed by atoms with Gasteiger partial charge in [0.25, 0.3) is 5.91 Å². The molecule has 0 radical (unpaired) electrons. The van der Waals surface area contributed by atoms with Gasteiger partial charge in [0, 0.05) is 36.6 Å². The molecule has 0 saturated carbocycles. The number of carbonyl (C=O) groups is 2. The van der Waals surface area contributed by atoms with Gasteiger partial charge >= 0.3 is 0 Å². The zero-order valence-electron chi connectivity index (χ0n) is 18.4. The van der Waals surface area contributed by atoms with Gasteiger partial charge in [-0.15, -0.1) is 11.3 Å². The fourth-order valence-electron chi connectivity index (χ4n) is 4.91. The molecule has 2 aromatic rings. The maximum atomic E-state index is 13.3. The maximum absolute atomic E-state index is 13.3. The van der Waals surface area contributed by atoms with Crippen LogP contribution in [0.1, 0.15) is 53.2 Å². The molecule has 2 amide bonds. The molecule has 2 aliphatic heterocycles. The fraction of sp³-hybridized carbons (Fsp3) is 0.542. The van der Waals surface area contributed by atoms with Crippen LogP contribution < -0.4 is 4.74 Å². The lowest BCUT2D eigenvalue weighted by Gasteiger charge is -2.43. The topological polar surface area (TPSA) is 62.7 Å². The van der Waals surface area contributed by atoms with E-state index >= 15 is 0 Å². The standard InChI is InChI=1S/C24H31N3O3S/c1-17-25-20(16-31-17)15-23(28)26-12-9-18(10-13-26)22-8-3-4-11-27(22)24(29)19-6-5-7-21(14-19)30-2/h5-7,14,16,18,22H,3-4,8-13,15H2,1-2H3/t22-/m1/s1. The van der Waals surface area contributed by atoms with Crippen LogP contribution in [0.4, 0.5) is 0 Å². The number of hydrogen-bond donors (Lipinski definition) is 0. The number of amides is 2. The summed E-state index contributed by atoms with van der Waals surface area (Å²) in [6.07, 6.45) is 5.56. The number of rotatable bonds is 5. The number of hydrogen-bond acceptors (Lipinski definition) is 5. The zero-order chi connectivity index (χ0) is 21.8. The summed E-state index contributed by atoms with van der Waals surface area (Å²) in [7, 11) is 1.62. The van der Waals surface area contributed by atoms with E-state index in [2.05, 4.69) is 9.88 Å².